The quantitative estimate of drug-likeness (QED) is 0.821. The Morgan fingerprint density at radius 2 is 2.11 bits per heavy atom. The van der Waals surface area contributed by atoms with Gasteiger partial charge in [-0.05, 0) is 25.8 Å². The molecule has 4 heteroatoms. The number of thiazole rings is 1. The average molecular weight is 319 g/mol. The fourth-order valence-electron chi connectivity index (χ4n) is 2.00. The summed E-state index contributed by atoms with van der Waals surface area (Å²) >= 11 is 5.22. The molecular weight excluding hydrogens is 308 g/mol. The first-order valence-electron chi connectivity index (χ1n) is 5.80. The van der Waals surface area contributed by atoms with Crippen LogP contribution in [0.5, 0.6) is 0 Å². The van der Waals surface area contributed by atoms with Gasteiger partial charge in [0.05, 0.1) is 11.8 Å². The summed E-state index contributed by atoms with van der Waals surface area (Å²) in [5, 5.41) is 10.2. The summed E-state index contributed by atoms with van der Waals surface area (Å²) in [5.41, 5.74) is 1.82. The van der Waals surface area contributed by atoms with Gasteiger partial charge in [0.15, 0.2) is 0 Å². The van der Waals surface area contributed by atoms with E-state index in [9.17, 15) is 5.26 Å². The van der Waals surface area contributed by atoms with E-state index in [2.05, 4.69) is 35.0 Å². The molecule has 0 spiro atoms. The third kappa shape index (κ3) is 1.79. The van der Waals surface area contributed by atoms with Gasteiger partial charge in [-0.15, -0.1) is 11.3 Å². The highest BCUT2D eigenvalue weighted by molar-refractivity contribution is 9.10. The molecule has 0 bridgehead atoms. The van der Waals surface area contributed by atoms with Crippen molar-refractivity contribution in [1.29, 1.82) is 5.26 Å². The van der Waals surface area contributed by atoms with Gasteiger partial charge in [-0.25, -0.2) is 4.98 Å². The Bertz CT molecular complexity index is 650. The number of benzene rings is 1. The SMILES string of the molecule is Cc1sc(C2(C#N)CC2)nc1-c1ccccc1Br. The first-order valence-corrected chi connectivity index (χ1v) is 7.41. The van der Waals surface area contributed by atoms with Gasteiger partial charge in [0, 0.05) is 14.9 Å². The summed E-state index contributed by atoms with van der Waals surface area (Å²) in [6.07, 6.45) is 1.90. The number of aromatic nitrogens is 1. The number of hydrogen-bond donors (Lipinski definition) is 0. The number of nitriles is 1. The molecule has 1 aromatic carbocycles. The molecule has 1 saturated carbocycles. The maximum Gasteiger partial charge on any atom is 0.114 e. The minimum atomic E-state index is -0.283. The molecule has 1 aliphatic carbocycles. The van der Waals surface area contributed by atoms with Crippen molar-refractivity contribution in [2.75, 3.05) is 0 Å². The van der Waals surface area contributed by atoms with Crippen molar-refractivity contribution in [2.24, 2.45) is 0 Å². The van der Waals surface area contributed by atoms with Gasteiger partial charge >= 0.3 is 0 Å². The highest BCUT2D eigenvalue weighted by Crippen LogP contribution is 2.50. The highest BCUT2D eigenvalue weighted by Gasteiger charge is 2.48. The summed E-state index contributed by atoms with van der Waals surface area (Å²) < 4.78 is 1.05. The molecule has 0 atom stereocenters. The van der Waals surface area contributed by atoms with Crippen LogP contribution in [-0.4, -0.2) is 4.98 Å². The third-order valence-corrected chi connectivity index (χ3v) is 5.17. The van der Waals surface area contributed by atoms with Crippen molar-refractivity contribution in [3.05, 3.63) is 38.6 Å². The highest BCUT2D eigenvalue weighted by atomic mass is 79.9. The molecule has 0 unspecified atom stereocenters. The van der Waals surface area contributed by atoms with Gasteiger partial charge in [-0.3, -0.25) is 0 Å². The van der Waals surface area contributed by atoms with Crippen molar-refractivity contribution < 1.29 is 0 Å². The minimum Gasteiger partial charge on any atom is -0.239 e. The minimum absolute atomic E-state index is 0.283. The fraction of sp³-hybridized carbons (Fsp3) is 0.286. The summed E-state index contributed by atoms with van der Waals surface area (Å²) in [6.45, 7) is 2.07. The lowest BCUT2D eigenvalue weighted by molar-refractivity contribution is 0.891. The molecule has 3 rings (SSSR count). The van der Waals surface area contributed by atoms with Crippen LogP contribution in [0.4, 0.5) is 0 Å². The zero-order chi connectivity index (χ0) is 12.8. The fourth-order valence-corrected chi connectivity index (χ4v) is 3.60. The second-order valence-electron chi connectivity index (χ2n) is 4.60. The van der Waals surface area contributed by atoms with E-state index < -0.39 is 0 Å². The van der Waals surface area contributed by atoms with E-state index in [0.29, 0.717) is 0 Å². The van der Waals surface area contributed by atoms with E-state index in [0.717, 1.165) is 33.6 Å². The van der Waals surface area contributed by atoms with Gasteiger partial charge in [-0.1, -0.05) is 34.1 Å². The van der Waals surface area contributed by atoms with Crippen molar-refractivity contribution >= 4 is 27.3 Å². The van der Waals surface area contributed by atoms with Crippen LogP contribution < -0.4 is 0 Å². The smallest absolute Gasteiger partial charge is 0.114 e. The zero-order valence-electron chi connectivity index (χ0n) is 9.90. The largest absolute Gasteiger partial charge is 0.239 e. The number of hydrogen-bond acceptors (Lipinski definition) is 3. The standard InChI is InChI=1S/C14H11BrN2S/c1-9-12(10-4-2-3-5-11(10)15)17-13(18-9)14(8-16)6-7-14/h2-5H,6-7H2,1H3. The van der Waals surface area contributed by atoms with Crippen LogP contribution in [0.1, 0.15) is 22.7 Å². The number of nitrogens with zero attached hydrogens (tertiary/aromatic N) is 2. The van der Waals surface area contributed by atoms with E-state index in [1.165, 1.54) is 4.88 Å². The Hall–Kier alpha value is -1.18. The van der Waals surface area contributed by atoms with Crippen LogP contribution >= 0.6 is 27.3 Å². The second-order valence-corrected chi connectivity index (χ2v) is 6.66. The van der Waals surface area contributed by atoms with Crippen LogP contribution in [0.15, 0.2) is 28.7 Å². The van der Waals surface area contributed by atoms with Gasteiger partial charge in [0.25, 0.3) is 0 Å². The molecule has 18 heavy (non-hydrogen) atoms. The molecular formula is C14H11BrN2S. The Labute approximate surface area is 118 Å². The zero-order valence-corrected chi connectivity index (χ0v) is 12.3. The monoisotopic (exact) mass is 318 g/mol. The molecule has 1 heterocycles. The number of aryl methyl sites for hydroxylation is 1. The van der Waals surface area contributed by atoms with Crippen LogP contribution in [-0.2, 0) is 5.41 Å². The normalized spacial score (nSPS) is 16.3. The molecule has 1 fully saturated rings. The Morgan fingerprint density at radius 3 is 2.72 bits per heavy atom. The number of rotatable bonds is 2. The predicted molar refractivity (Wildman–Crippen MR) is 76.5 cm³/mol. The summed E-state index contributed by atoms with van der Waals surface area (Å²) in [6, 6.07) is 10.5. The molecule has 0 radical (unpaired) electrons. The van der Waals surface area contributed by atoms with Crippen LogP contribution in [0.25, 0.3) is 11.3 Å². The lowest BCUT2D eigenvalue weighted by Crippen LogP contribution is -2.01. The molecule has 90 valence electrons. The first kappa shape index (κ1) is 11.9. The van der Waals surface area contributed by atoms with Crippen LogP contribution in [0, 0.1) is 18.3 Å². The molecule has 0 aliphatic heterocycles. The van der Waals surface area contributed by atoms with E-state index >= 15 is 0 Å². The first-order chi connectivity index (χ1) is 8.66. The summed E-state index contributed by atoms with van der Waals surface area (Å²) in [7, 11) is 0. The van der Waals surface area contributed by atoms with E-state index in [-0.39, 0.29) is 5.41 Å². The molecule has 2 nitrogen and oxygen atoms in total. The van der Waals surface area contributed by atoms with Gasteiger partial charge in [-0.2, -0.15) is 5.26 Å². The predicted octanol–water partition coefficient (Wildman–Crippen LogP) is 4.44. The van der Waals surface area contributed by atoms with Crippen LogP contribution in [0.2, 0.25) is 0 Å². The van der Waals surface area contributed by atoms with Gasteiger partial charge in [0.2, 0.25) is 0 Å². The topological polar surface area (TPSA) is 36.7 Å². The summed E-state index contributed by atoms with van der Waals surface area (Å²) in [4.78, 5) is 5.89. The maximum absolute atomic E-state index is 9.24. The lowest BCUT2D eigenvalue weighted by atomic mass is 10.1. The van der Waals surface area contributed by atoms with E-state index in [4.69, 9.17) is 4.98 Å². The molecule has 0 N–H and O–H groups in total. The maximum atomic E-state index is 9.24. The van der Waals surface area contributed by atoms with E-state index in [1.54, 1.807) is 11.3 Å². The van der Waals surface area contributed by atoms with Crippen molar-refractivity contribution in [3.63, 3.8) is 0 Å². The van der Waals surface area contributed by atoms with Crippen molar-refractivity contribution in [3.8, 4) is 17.3 Å². The Balaban J connectivity index is 2.10. The third-order valence-electron chi connectivity index (χ3n) is 3.30. The van der Waals surface area contributed by atoms with Crippen LogP contribution in [0.3, 0.4) is 0 Å². The van der Waals surface area contributed by atoms with Gasteiger partial charge in [0.1, 0.15) is 10.4 Å². The molecule has 0 amide bonds. The second kappa shape index (κ2) is 4.18. The summed E-state index contributed by atoms with van der Waals surface area (Å²) in [5.74, 6) is 0. The van der Waals surface area contributed by atoms with Crippen molar-refractivity contribution in [2.45, 2.75) is 25.2 Å². The Morgan fingerprint density at radius 1 is 1.39 bits per heavy atom. The van der Waals surface area contributed by atoms with Crippen molar-refractivity contribution in [1.82, 2.24) is 4.98 Å². The molecule has 1 aromatic heterocycles. The molecule has 0 saturated heterocycles. The van der Waals surface area contributed by atoms with Gasteiger partial charge < -0.3 is 0 Å². The average Bonchev–Trinajstić information content (AvgIpc) is 3.08. The number of halogens is 1. The molecule has 2 aromatic rings. The molecule has 1 aliphatic rings. The van der Waals surface area contributed by atoms with E-state index in [1.807, 2.05) is 18.2 Å². The Kier molecular flexibility index (Phi) is 2.76. The lowest BCUT2D eigenvalue weighted by Gasteiger charge is -2.02.